The summed E-state index contributed by atoms with van der Waals surface area (Å²) in [5.41, 5.74) is 13.0. The Labute approximate surface area is 351 Å². The van der Waals surface area contributed by atoms with Gasteiger partial charge in [-0.2, -0.15) is 0 Å². The lowest BCUT2D eigenvalue weighted by Crippen LogP contribution is -2.01. The summed E-state index contributed by atoms with van der Waals surface area (Å²) in [6.45, 7) is 2.23. The van der Waals surface area contributed by atoms with Gasteiger partial charge in [-0.3, -0.25) is 0 Å². The third-order valence-corrected chi connectivity index (χ3v) is 12.0. The molecule has 4 heterocycles. The standard InChI is InChI=1S/C55H38N4O2/c1-2-3-14-34-27-29-41-42-22-12-21-39(52(42)61-50(41)31-34)36-28-30-47-45(33-36)40-19-7-9-24-46(40)59(47)38-18-11-17-37(32-38)54-56-53(35-15-5-4-6-16-35)57-55(58-54)44-23-13-26-49-51(44)43-20-8-10-25-48(43)60-49/h4-13,15-33H,2-3,14H2,1H3. The predicted octanol–water partition coefficient (Wildman–Crippen LogP) is 14.8. The average molecular weight is 787 g/mol. The summed E-state index contributed by atoms with van der Waals surface area (Å²) in [7, 11) is 0. The molecule has 0 atom stereocenters. The second-order valence-corrected chi connectivity index (χ2v) is 15.8. The van der Waals surface area contributed by atoms with E-state index in [1.165, 1.54) is 29.2 Å². The van der Waals surface area contributed by atoms with Gasteiger partial charge in [0.05, 0.1) is 11.0 Å². The maximum absolute atomic E-state index is 6.67. The summed E-state index contributed by atoms with van der Waals surface area (Å²) in [5, 5.41) is 6.65. The zero-order chi connectivity index (χ0) is 40.4. The zero-order valence-electron chi connectivity index (χ0n) is 33.5. The van der Waals surface area contributed by atoms with Crippen LogP contribution in [0.3, 0.4) is 0 Å². The van der Waals surface area contributed by atoms with E-state index in [1.807, 2.05) is 60.7 Å². The molecule has 0 radical (unpaired) electrons. The topological polar surface area (TPSA) is 69.9 Å². The van der Waals surface area contributed by atoms with E-state index in [-0.39, 0.29) is 0 Å². The van der Waals surface area contributed by atoms with Gasteiger partial charge in [0.25, 0.3) is 0 Å². The van der Waals surface area contributed by atoms with Gasteiger partial charge in [-0.25, -0.2) is 15.0 Å². The molecule has 4 aromatic heterocycles. The molecule has 0 aliphatic heterocycles. The molecule has 0 bridgehead atoms. The fourth-order valence-electron chi connectivity index (χ4n) is 9.11. The normalized spacial score (nSPS) is 11.9. The van der Waals surface area contributed by atoms with Gasteiger partial charge < -0.3 is 13.4 Å². The van der Waals surface area contributed by atoms with E-state index in [4.69, 9.17) is 23.8 Å². The number of para-hydroxylation sites is 3. The van der Waals surface area contributed by atoms with Crippen LogP contribution >= 0.6 is 0 Å². The molecule has 12 aromatic rings. The van der Waals surface area contributed by atoms with Crippen molar-refractivity contribution in [2.75, 3.05) is 0 Å². The van der Waals surface area contributed by atoms with Crippen LogP contribution in [-0.4, -0.2) is 19.5 Å². The van der Waals surface area contributed by atoms with E-state index < -0.39 is 0 Å². The van der Waals surface area contributed by atoms with Crippen molar-refractivity contribution in [1.82, 2.24) is 19.5 Å². The summed E-state index contributed by atoms with van der Waals surface area (Å²) < 4.78 is 15.3. The third-order valence-electron chi connectivity index (χ3n) is 12.0. The smallest absolute Gasteiger partial charge is 0.164 e. The molecule has 0 N–H and O–H groups in total. The van der Waals surface area contributed by atoms with Crippen molar-refractivity contribution in [1.29, 1.82) is 0 Å². The Morgan fingerprint density at radius 1 is 0.443 bits per heavy atom. The van der Waals surface area contributed by atoms with E-state index in [0.29, 0.717) is 17.5 Å². The van der Waals surface area contributed by atoms with Gasteiger partial charge in [0, 0.05) is 60.3 Å². The number of furan rings is 2. The van der Waals surface area contributed by atoms with Crippen LogP contribution in [0.4, 0.5) is 0 Å². The number of aryl methyl sites for hydroxylation is 1. The first-order valence-electron chi connectivity index (χ1n) is 21.0. The van der Waals surface area contributed by atoms with E-state index >= 15 is 0 Å². The van der Waals surface area contributed by atoms with Crippen molar-refractivity contribution in [3.8, 4) is 51.0 Å². The second kappa shape index (κ2) is 14.2. The molecule has 0 aliphatic carbocycles. The highest BCUT2D eigenvalue weighted by molar-refractivity contribution is 6.14. The Hall–Kier alpha value is -7.83. The van der Waals surface area contributed by atoms with Gasteiger partial charge >= 0.3 is 0 Å². The first kappa shape index (κ1) is 35.1. The zero-order valence-corrected chi connectivity index (χ0v) is 33.5. The molecule has 0 amide bonds. The molecule has 0 saturated heterocycles. The van der Waals surface area contributed by atoms with Crippen molar-refractivity contribution in [3.63, 3.8) is 0 Å². The Bertz CT molecular complexity index is 3650. The van der Waals surface area contributed by atoms with Crippen LogP contribution in [0.15, 0.2) is 185 Å². The Morgan fingerprint density at radius 3 is 2.05 bits per heavy atom. The number of aromatic nitrogens is 4. The van der Waals surface area contributed by atoms with E-state index in [2.05, 4.69) is 127 Å². The van der Waals surface area contributed by atoms with Gasteiger partial charge in [-0.05, 0) is 72.5 Å². The largest absolute Gasteiger partial charge is 0.456 e. The van der Waals surface area contributed by atoms with Gasteiger partial charge in [0.1, 0.15) is 22.3 Å². The summed E-state index contributed by atoms with van der Waals surface area (Å²) >= 11 is 0. The van der Waals surface area contributed by atoms with Crippen LogP contribution in [0.1, 0.15) is 25.3 Å². The molecule has 12 rings (SSSR count). The number of unbranched alkanes of at least 4 members (excludes halogenated alkanes) is 1. The SMILES string of the molecule is CCCCc1ccc2c(c1)oc1c(-c3ccc4c(c3)c3ccccc3n4-c3cccc(-c4nc(-c5ccccc5)nc(-c5cccc6oc7ccccc7c56)n4)c3)cccc12. The van der Waals surface area contributed by atoms with Gasteiger partial charge in [-0.15, -0.1) is 0 Å². The average Bonchev–Trinajstić information content (AvgIpc) is 4.00. The minimum atomic E-state index is 0.590. The molecule has 6 heteroatoms. The first-order chi connectivity index (χ1) is 30.2. The maximum atomic E-state index is 6.67. The van der Waals surface area contributed by atoms with Crippen LogP contribution in [0.2, 0.25) is 0 Å². The Morgan fingerprint density at radius 2 is 1.15 bits per heavy atom. The van der Waals surface area contributed by atoms with Gasteiger partial charge in [-0.1, -0.05) is 141 Å². The number of benzene rings is 8. The molecule has 0 spiro atoms. The number of hydrogen-bond acceptors (Lipinski definition) is 5. The number of nitrogens with zero attached hydrogens (tertiary/aromatic N) is 4. The Balaban J connectivity index is 1.00. The molecule has 61 heavy (non-hydrogen) atoms. The summed E-state index contributed by atoms with van der Waals surface area (Å²) in [4.78, 5) is 15.4. The summed E-state index contributed by atoms with van der Waals surface area (Å²) in [6, 6.07) is 61.4. The quantitative estimate of drug-likeness (QED) is 0.153. The van der Waals surface area contributed by atoms with E-state index in [9.17, 15) is 0 Å². The van der Waals surface area contributed by atoms with Crippen molar-refractivity contribution in [3.05, 3.63) is 181 Å². The molecule has 8 aromatic carbocycles. The monoisotopic (exact) mass is 786 g/mol. The predicted molar refractivity (Wildman–Crippen MR) is 249 cm³/mol. The fourth-order valence-corrected chi connectivity index (χ4v) is 9.11. The molecule has 6 nitrogen and oxygen atoms in total. The third kappa shape index (κ3) is 5.82. The molecular weight excluding hydrogens is 749 g/mol. The van der Waals surface area contributed by atoms with E-state index in [0.717, 1.165) is 94.8 Å². The molecule has 0 saturated carbocycles. The van der Waals surface area contributed by atoms with Crippen molar-refractivity contribution in [2.45, 2.75) is 26.2 Å². The molecule has 290 valence electrons. The maximum Gasteiger partial charge on any atom is 0.164 e. The molecule has 0 fully saturated rings. The van der Waals surface area contributed by atoms with Crippen LogP contribution in [-0.2, 0) is 6.42 Å². The molecule has 0 unspecified atom stereocenters. The van der Waals surface area contributed by atoms with E-state index in [1.54, 1.807) is 0 Å². The van der Waals surface area contributed by atoms with Crippen LogP contribution in [0.5, 0.6) is 0 Å². The lowest BCUT2D eigenvalue weighted by molar-refractivity contribution is 0.668. The first-order valence-corrected chi connectivity index (χ1v) is 21.0. The van der Waals surface area contributed by atoms with Crippen molar-refractivity contribution < 1.29 is 8.83 Å². The minimum Gasteiger partial charge on any atom is -0.456 e. The Kier molecular flexibility index (Phi) is 8.17. The highest BCUT2D eigenvalue weighted by Crippen LogP contribution is 2.41. The van der Waals surface area contributed by atoms with Crippen LogP contribution in [0.25, 0.3) is 117 Å². The van der Waals surface area contributed by atoms with Crippen molar-refractivity contribution in [2.24, 2.45) is 0 Å². The second-order valence-electron chi connectivity index (χ2n) is 15.8. The van der Waals surface area contributed by atoms with Gasteiger partial charge in [0.2, 0.25) is 0 Å². The summed E-state index contributed by atoms with van der Waals surface area (Å²) in [5.74, 6) is 1.79. The fraction of sp³-hybridized carbons (Fsp3) is 0.0727. The van der Waals surface area contributed by atoms with Crippen LogP contribution < -0.4 is 0 Å². The molecule has 0 aliphatic rings. The number of fused-ring (bicyclic) bond motifs is 9. The molecular formula is C55H38N4O2. The minimum absolute atomic E-state index is 0.590. The lowest BCUT2D eigenvalue weighted by atomic mass is 10.00. The van der Waals surface area contributed by atoms with Crippen molar-refractivity contribution >= 4 is 65.7 Å². The lowest BCUT2D eigenvalue weighted by Gasteiger charge is -2.12. The summed E-state index contributed by atoms with van der Waals surface area (Å²) in [6.07, 6.45) is 3.40. The van der Waals surface area contributed by atoms with Gasteiger partial charge in [0.15, 0.2) is 17.5 Å². The number of rotatable bonds is 8. The number of hydrogen-bond donors (Lipinski definition) is 0. The van der Waals surface area contributed by atoms with Crippen LogP contribution in [0, 0.1) is 0 Å². The highest BCUT2D eigenvalue weighted by atomic mass is 16.3. The highest BCUT2D eigenvalue weighted by Gasteiger charge is 2.20.